The van der Waals surface area contributed by atoms with Gasteiger partial charge in [0.15, 0.2) is 0 Å². The molecule has 0 atom stereocenters. The molecule has 216 valence electrons. The Morgan fingerprint density at radius 2 is 0.978 bits per heavy atom. The summed E-state index contributed by atoms with van der Waals surface area (Å²) in [4.78, 5) is 2.40. The number of fused-ring (bicyclic) bond motifs is 5. The molecule has 0 radical (unpaired) electrons. The van der Waals surface area contributed by atoms with Crippen LogP contribution in [0.4, 0.5) is 17.1 Å². The number of anilines is 3. The van der Waals surface area contributed by atoms with Gasteiger partial charge in [0.1, 0.15) is 11.2 Å². The number of nitrogens with zero attached hydrogens (tertiary/aromatic N) is 1. The third-order valence-electron chi connectivity index (χ3n) is 9.05. The van der Waals surface area contributed by atoms with Gasteiger partial charge < -0.3 is 9.32 Å². The van der Waals surface area contributed by atoms with Gasteiger partial charge in [-0.15, -0.1) is 0 Å². The summed E-state index contributed by atoms with van der Waals surface area (Å²) in [5, 5.41) is 7.17. The van der Waals surface area contributed by atoms with Crippen molar-refractivity contribution in [2.24, 2.45) is 0 Å². The fraction of sp³-hybridized carbons (Fsp3) is 0. The molecule has 0 saturated carbocycles. The third-order valence-corrected chi connectivity index (χ3v) is 9.05. The van der Waals surface area contributed by atoms with Crippen LogP contribution in [0, 0.1) is 0 Å². The molecule has 0 unspecified atom stereocenters. The number of hydrogen-bond acceptors (Lipinski definition) is 2. The largest absolute Gasteiger partial charge is 0.455 e. The maximum absolute atomic E-state index is 6.39. The lowest BCUT2D eigenvalue weighted by Gasteiger charge is -2.29. The van der Waals surface area contributed by atoms with Crippen molar-refractivity contribution in [2.45, 2.75) is 0 Å². The molecule has 2 heteroatoms. The standard InChI is InChI=1S/C44H29NO/c1-2-13-33-29-34(24-23-30(33)11-1)37-16-5-7-20-41(37)45(42-21-9-14-31-12-3-4-15-36(31)42)35-27-25-32(26-28-35)38-18-10-19-40-39-17-6-8-22-43(39)46-44(38)40/h1-29H. The molecule has 0 aliphatic rings. The predicted octanol–water partition coefficient (Wildman–Crippen LogP) is 12.7. The van der Waals surface area contributed by atoms with E-state index in [1.807, 2.05) is 12.1 Å². The lowest BCUT2D eigenvalue weighted by molar-refractivity contribution is 0.670. The van der Waals surface area contributed by atoms with Crippen molar-refractivity contribution in [3.05, 3.63) is 176 Å². The molecule has 9 aromatic rings. The van der Waals surface area contributed by atoms with Crippen molar-refractivity contribution in [3.8, 4) is 22.3 Å². The number of para-hydroxylation sites is 3. The lowest BCUT2D eigenvalue weighted by Crippen LogP contribution is -2.11. The lowest BCUT2D eigenvalue weighted by atomic mass is 9.97. The van der Waals surface area contributed by atoms with Crippen LogP contribution < -0.4 is 4.90 Å². The zero-order valence-electron chi connectivity index (χ0n) is 25.1. The fourth-order valence-electron chi connectivity index (χ4n) is 6.85. The van der Waals surface area contributed by atoms with E-state index in [1.165, 1.54) is 32.7 Å². The molecule has 1 heterocycles. The Morgan fingerprint density at radius 1 is 0.370 bits per heavy atom. The number of furan rings is 1. The van der Waals surface area contributed by atoms with Crippen LogP contribution in [-0.2, 0) is 0 Å². The minimum Gasteiger partial charge on any atom is -0.455 e. The van der Waals surface area contributed by atoms with Gasteiger partial charge in [-0.25, -0.2) is 0 Å². The van der Waals surface area contributed by atoms with E-state index in [9.17, 15) is 0 Å². The topological polar surface area (TPSA) is 16.4 Å². The van der Waals surface area contributed by atoms with E-state index in [2.05, 4.69) is 169 Å². The number of hydrogen-bond donors (Lipinski definition) is 0. The molecular formula is C44H29NO. The summed E-state index contributed by atoms with van der Waals surface area (Å²) in [6, 6.07) is 62.8. The van der Waals surface area contributed by atoms with Gasteiger partial charge in [-0.2, -0.15) is 0 Å². The molecule has 46 heavy (non-hydrogen) atoms. The Kier molecular flexibility index (Phi) is 6.17. The molecule has 0 spiro atoms. The Morgan fingerprint density at radius 3 is 1.87 bits per heavy atom. The normalized spacial score (nSPS) is 11.5. The summed E-state index contributed by atoms with van der Waals surface area (Å²) in [7, 11) is 0. The van der Waals surface area contributed by atoms with Crippen LogP contribution in [0.1, 0.15) is 0 Å². The van der Waals surface area contributed by atoms with Crippen LogP contribution in [0.25, 0.3) is 65.7 Å². The van der Waals surface area contributed by atoms with Gasteiger partial charge in [0.05, 0.1) is 11.4 Å². The van der Waals surface area contributed by atoms with Crippen LogP contribution in [-0.4, -0.2) is 0 Å². The molecular weight excluding hydrogens is 558 g/mol. The Bertz CT molecular complexity index is 2530. The van der Waals surface area contributed by atoms with Gasteiger partial charge >= 0.3 is 0 Å². The zero-order valence-corrected chi connectivity index (χ0v) is 25.1. The van der Waals surface area contributed by atoms with Gasteiger partial charge in [-0.05, 0) is 63.7 Å². The molecule has 0 bridgehead atoms. The molecule has 0 fully saturated rings. The molecule has 2 nitrogen and oxygen atoms in total. The average molecular weight is 588 g/mol. The van der Waals surface area contributed by atoms with Crippen LogP contribution in [0.5, 0.6) is 0 Å². The quantitative estimate of drug-likeness (QED) is 0.199. The third kappa shape index (κ3) is 4.35. The Labute approximate surface area is 267 Å². The number of benzene rings is 8. The first-order chi connectivity index (χ1) is 22.8. The summed E-state index contributed by atoms with van der Waals surface area (Å²) in [6.45, 7) is 0. The SMILES string of the molecule is c1ccc(N(c2ccc(-c3cccc4c3oc3ccccc34)cc2)c2cccc3ccccc23)c(-c2ccc3ccccc3c2)c1. The van der Waals surface area contributed by atoms with E-state index in [4.69, 9.17) is 4.42 Å². The minimum atomic E-state index is 0.911. The molecule has 1 aromatic heterocycles. The molecule has 0 aliphatic heterocycles. The van der Waals surface area contributed by atoms with Crippen molar-refractivity contribution in [1.29, 1.82) is 0 Å². The minimum absolute atomic E-state index is 0.911. The van der Waals surface area contributed by atoms with Crippen molar-refractivity contribution in [1.82, 2.24) is 0 Å². The van der Waals surface area contributed by atoms with E-state index in [0.29, 0.717) is 0 Å². The highest BCUT2D eigenvalue weighted by atomic mass is 16.3. The summed E-state index contributed by atoms with van der Waals surface area (Å²) < 4.78 is 6.39. The number of rotatable bonds is 5. The van der Waals surface area contributed by atoms with Gasteiger partial charge in [-0.1, -0.05) is 140 Å². The predicted molar refractivity (Wildman–Crippen MR) is 194 cm³/mol. The van der Waals surface area contributed by atoms with Gasteiger partial charge in [0.2, 0.25) is 0 Å². The summed E-state index contributed by atoms with van der Waals surface area (Å²) in [5.41, 5.74) is 9.76. The highest BCUT2D eigenvalue weighted by Gasteiger charge is 2.20. The van der Waals surface area contributed by atoms with E-state index in [1.54, 1.807) is 0 Å². The molecule has 0 amide bonds. The van der Waals surface area contributed by atoms with Crippen molar-refractivity contribution in [3.63, 3.8) is 0 Å². The first-order valence-electron chi connectivity index (χ1n) is 15.7. The molecule has 8 aromatic carbocycles. The maximum Gasteiger partial charge on any atom is 0.143 e. The van der Waals surface area contributed by atoms with Crippen molar-refractivity contribution < 1.29 is 4.42 Å². The van der Waals surface area contributed by atoms with Crippen LogP contribution in [0.2, 0.25) is 0 Å². The van der Waals surface area contributed by atoms with Gasteiger partial charge in [-0.3, -0.25) is 0 Å². The Hall–Kier alpha value is -6.12. The fourth-order valence-corrected chi connectivity index (χ4v) is 6.85. The monoisotopic (exact) mass is 587 g/mol. The first kappa shape index (κ1) is 26.3. The second kappa shape index (κ2) is 10.8. The van der Waals surface area contributed by atoms with E-state index in [0.717, 1.165) is 50.1 Å². The van der Waals surface area contributed by atoms with Crippen molar-refractivity contribution in [2.75, 3.05) is 4.90 Å². The van der Waals surface area contributed by atoms with Crippen LogP contribution >= 0.6 is 0 Å². The van der Waals surface area contributed by atoms with E-state index < -0.39 is 0 Å². The Balaban J connectivity index is 1.23. The van der Waals surface area contributed by atoms with E-state index in [-0.39, 0.29) is 0 Å². The van der Waals surface area contributed by atoms with Gasteiger partial charge in [0, 0.05) is 33.0 Å². The molecule has 0 aliphatic carbocycles. The van der Waals surface area contributed by atoms with Crippen molar-refractivity contribution >= 4 is 60.5 Å². The molecule has 9 rings (SSSR count). The summed E-state index contributed by atoms with van der Waals surface area (Å²) in [5.74, 6) is 0. The maximum atomic E-state index is 6.39. The average Bonchev–Trinajstić information content (AvgIpc) is 3.51. The summed E-state index contributed by atoms with van der Waals surface area (Å²) >= 11 is 0. The molecule has 0 saturated heterocycles. The summed E-state index contributed by atoms with van der Waals surface area (Å²) in [6.07, 6.45) is 0. The molecule has 0 N–H and O–H groups in total. The second-order valence-corrected chi connectivity index (χ2v) is 11.7. The zero-order chi connectivity index (χ0) is 30.5. The van der Waals surface area contributed by atoms with Gasteiger partial charge in [0.25, 0.3) is 0 Å². The highest BCUT2D eigenvalue weighted by molar-refractivity contribution is 6.09. The van der Waals surface area contributed by atoms with E-state index >= 15 is 0 Å². The van der Waals surface area contributed by atoms with Crippen LogP contribution in [0.3, 0.4) is 0 Å². The highest BCUT2D eigenvalue weighted by Crippen LogP contribution is 2.44. The smallest absolute Gasteiger partial charge is 0.143 e. The second-order valence-electron chi connectivity index (χ2n) is 11.7. The first-order valence-corrected chi connectivity index (χ1v) is 15.7. The van der Waals surface area contributed by atoms with Crippen LogP contribution in [0.15, 0.2) is 180 Å².